The minimum Gasteiger partial charge on any atom is -0.507 e. The van der Waals surface area contributed by atoms with Crippen molar-refractivity contribution in [3.05, 3.63) is 64.0 Å². The maximum absolute atomic E-state index is 12.4. The number of hydrogen-bond acceptors (Lipinski definition) is 5. The fourth-order valence-electron chi connectivity index (χ4n) is 2.88. The van der Waals surface area contributed by atoms with E-state index in [1.165, 1.54) is 19.2 Å². The zero-order valence-corrected chi connectivity index (χ0v) is 14.9. The van der Waals surface area contributed by atoms with Crippen LogP contribution in [0.3, 0.4) is 0 Å². The molecule has 2 aromatic carbocycles. The van der Waals surface area contributed by atoms with Gasteiger partial charge in [-0.2, -0.15) is 0 Å². The predicted molar refractivity (Wildman–Crippen MR) is 101 cm³/mol. The van der Waals surface area contributed by atoms with E-state index < -0.39 is 5.63 Å². The Hall–Kier alpha value is -3.21. The van der Waals surface area contributed by atoms with E-state index in [1.807, 2.05) is 19.9 Å². The molecule has 0 aliphatic carbocycles. The number of fused-ring (bicyclic) bond motifs is 1. The van der Waals surface area contributed by atoms with Crippen LogP contribution >= 0.6 is 0 Å². The number of allylic oxidation sites excluding steroid dienone is 2. The Morgan fingerprint density at radius 2 is 1.85 bits per heavy atom. The Bertz CT molecular complexity index is 1060. The Labute approximate surface area is 150 Å². The van der Waals surface area contributed by atoms with Gasteiger partial charge >= 0.3 is 5.63 Å². The standard InChI is InChI=1S/C21H20O5/c1-12(2)8-9-14-18(23)11-19-16(20(14)25-3)10-15(21(24)26-19)13-6-4-5-7-17(13)22/h4-8,10-11,22-23H,9H2,1-3H3. The fourth-order valence-corrected chi connectivity index (χ4v) is 2.88. The second kappa shape index (κ2) is 6.96. The lowest BCUT2D eigenvalue weighted by atomic mass is 10.0. The van der Waals surface area contributed by atoms with Crippen molar-refractivity contribution in [2.45, 2.75) is 20.3 Å². The number of phenolic OH excluding ortho intramolecular Hbond substituents is 2. The molecule has 0 amide bonds. The quantitative estimate of drug-likeness (QED) is 0.538. The van der Waals surface area contributed by atoms with Gasteiger partial charge in [0.25, 0.3) is 0 Å². The molecule has 0 saturated heterocycles. The summed E-state index contributed by atoms with van der Waals surface area (Å²) in [6, 6.07) is 9.60. The van der Waals surface area contributed by atoms with Gasteiger partial charge in [0.2, 0.25) is 0 Å². The molecule has 0 unspecified atom stereocenters. The minimum absolute atomic E-state index is 0.00492. The molecule has 1 heterocycles. The average molecular weight is 352 g/mol. The largest absolute Gasteiger partial charge is 0.507 e. The average Bonchev–Trinajstić information content (AvgIpc) is 2.59. The number of para-hydroxylation sites is 1. The highest BCUT2D eigenvalue weighted by Crippen LogP contribution is 2.38. The molecule has 5 heteroatoms. The van der Waals surface area contributed by atoms with E-state index in [0.717, 1.165) is 5.57 Å². The van der Waals surface area contributed by atoms with Crippen molar-refractivity contribution in [1.82, 2.24) is 0 Å². The molecule has 0 aliphatic heterocycles. The molecule has 3 rings (SSSR count). The SMILES string of the molecule is COc1c(CC=C(C)C)c(O)cc2oc(=O)c(-c3ccccc3O)cc12. The van der Waals surface area contributed by atoms with E-state index in [9.17, 15) is 15.0 Å². The van der Waals surface area contributed by atoms with E-state index in [0.29, 0.717) is 28.7 Å². The Balaban J connectivity index is 2.31. The summed E-state index contributed by atoms with van der Waals surface area (Å²) in [5.41, 5.74) is 1.96. The molecule has 1 aromatic heterocycles. The van der Waals surface area contributed by atoms with E-state index in [1.54, 1.807) is 24.3 Å². The molecule has 26 heavy (non-hydrogen) atoms. The van der Waals surface area contributed by atoms with Gasteiger partial charge in [0.05, 0.1) is 18.1 Å². The zero-order valence-electron chi connectivity index (χ0n) is 14.9. The number of ether oxygens (including phenoxy) is 1. The van der Waals surface area contributed by atoms with Crippen LogP contribution in [0.25, 0.3) is 22.1 Å². The van der Waals surface area contributed by atoms with Gasteiger partial charge in [0, 0.05) is 17.2 Å². The van der Waals surface area contributed by atoms with Gasteiger partial charge in [-0.3, -0.25) is 0 Å². The molecule has 0 radical (unpaired) electrons. The monoisotopic (exact) mass is 352 g/mol. The Morgan fingerprint density at radius 3 is 2.50 bits per heavy atom. The van der Waals surface area contributed by atoms with E-state index in [-0.39, 0.29) is 22.6 Å². The third-order valence-electron chi connectivity index (χ3n) is 4.19. The molecule has 0 saturated carbocycles. The van der Waals surface area contributed by atoms with Crippen molar-refractivity contribution >= 4 is 11.0 Å². The lowest BCUT2D eigenvalue weighted by molar-refractivity contribution is 0.404. The highest BCUT2D eigenvalue weighted by Gasteiger charge is 2.18. The van der Waals surface area contributed by atoms with Crippen LogP contribution in [-0.2, 0) is 6.42 Å². The second-order valence-corrected chi connectivity index (χ2v) is 6.27. The summed E-state index contributed by atoms with van der Waals surface area (Å²) in [7, 11) is 1.50. The molecule has 0 spiro atoms. The molecule has 134 valence electrons. The summed E-state index contributed by atoms with van der Waals surface area (Å²) in [5, 5.41) is 21.0. The number of hydrogen-bond donors (Lipinski definition) is 2. The molecule has 3 aromatic rings. The van der Waals surface area contributed by atoms with Crippen molar-refractivity contribution < 1.29 is 19.4 Å². The van der Waals surface area contributed by atoms with Gasteiger partial charge in [-0.05, 0) is 32.4 Å². The minimum atomic E-state index is -0.600. The van der Waals surface area contributed by atoms with Crippen LogP contribution in [0.4, 0.5) is 0 Å². The third kappa shape index (κ3) is 3.16. The maximum Gasteiger partial charge on any atom is 0.344 e. The van der Waals surface area contributed by atoms with Gasteiger partial charge in [-0.25, -0.2) is 4.79 Å². The van der Waals surface area contributed by atoms with E-state index in [2.05, 4.69) is 0 Å². The van der Waals surface area contributed by atoms with E-state index >= 15 is 0 Å². The summed E-state index contributed by atoms with van der Waals surface area (Å²) in [6.07, 6.45) is 2.46. The number of benzene rings is 2. The summed E-state index contributed by atoms with van der Waals surface area (Å²) in [4.78, 5) is 12.4. The number of rotatable bonds is 4. The smallest absolute Gasteiger partial charge is 0.344 e. The van der Waals surface area contributed by atoms with Crippen molar-refractivity contribution in [3.8, 4) is 28.4 Å². The van der Waals surface area contributed by atoms with Gasteiger partial charge in [0.15, 0.2) is 0 Å². The lowest BCUT2D eigenvalue weighted by Gasteiger charge is -2.13. The first-order valence-corrected chi connectivity index (χ1v) is 8.20. The number of phenols is 2. The molecule has 0 fully saturated rings. The number of aromatic hydroxyl groups is 2. The second-order valence-electron chi connectivity index (χ2n) is 6.27. The molecule has 5 nitrogen and oxygen atoms in total. The molecule has 2 N–H and O–H groups in total. The van der Waals surface area contributed by atoms with E-state index in [4.69, 9.17) is 9.15 Å². The zero-order chi connectivity index (χ0) is 18.8. The Kier molecular flexibility index (Phi) is 4.71. The summed E-state index contributed by atoms with van der Waals surface area (Å²) in [5.74, 6) is 0.435. The molecule has 0 bridgehead atoms. The lowest BCUT2D eigenvalue weighted by Crippen LogP contribution is -2.04. The summed E-state index contributed by atoms with van der Waals surface area (Å²) in [6.45, 7) is 3.94. The van der Waals surface area contributed by atoms with Crippen LogP contribution in [0.5, 0.6) is 17.2 Å². The Morgan fingerprint density at radius 1 is 1.12 bits per heavy atom. The topological polar surface area (TPSA) is 79.9 Å². The summed E-state index contributed by atoms with van der Waals surface area (Å²) < 4.78 is 10.9. The number of methoxy groups -OCH3 is 1. The highest BCUT2D eigenvalue weighted by atomic mass is 16.5. The van der Waals surface area contributed by atoms with Crippen molar-refractivity contribution in [1.29, 1.82) is 0 Å². The molecular weight excluding hydrogens is 332 g/mol. The van der Waals surface area contributed by atoms with Crippen LogP contribution in [0, 0.1) is 0 Å². The highest BCUT2D eigenvalue weighted by molar-refractivity contribution is 5.90. The van der Waals surface area contributed by atoms with Crippen molar-refractivity contribution in [3.63, 3.8) is 0 Å². The molecule has 0 aliphatic rings. The third-order valence-corrected chi connectivity index (χ3v) is 4.19. The van der Waals surface area contributed by atoms with Gasteiger partial charge < -0.3 is 19.4 Å². The van der Waals surface area contributed by atoms with Gasteiger partial charge in [0.1, 0.15) is 22.8 Å². The van der Waals surface area contributed by atoms with Gasteiger partial charge in [-0.15, -0.1) is 0 Å². The molecule has 0 atom stereocenters. The normalized spacial score (nSPS) is 10.7. The first-order valence-electron chi connectivity index (χ1n) is 8.20. The van der Waals surface area contributed by atoms with Crippen LogP contribution in [0.1, 0.15) is 19.4 Å². The van der Waals surface area contributed by atoms with Crippen LogP contribution in [0.2, 0.25) is 0 Å². The van der Waals surface area contributed by atoms with Crippen LogP contribution < -0.4 is 10.4 Å². The van der Waals surface area contributed by atoms with Crippen LogP contribution in [-0.4, -0.2) is 17.3 Å². The summed E-state index contributed by atoms with van der Waals surface area (Å²) >= 11 is 0. The van der Waals surface area contributed by atoms with Crippen molar-refractivity contribution in [2.24, 2.45) is 0 Å². The van der Waals surface area contributed by atoms with Crippen molar-refractivity contribution in [2.75, 3.05) is 7.11 Å². The first-order chi connectivity index (χ1) is 12.4. The van der Waals surface area contributed by atoms with Gasteiger partial charge in [-0.1, -0.05) is 29.8 Å². The maximum atomic E-state index is 12.4. The predicted octanol–water partition coefficient (Wildman–Crippen LogP) is 4.39. The first kappa shape index (κ1) is 17.6. The fraction of sp³-hybridized carbons (Fsp3) is 0.190. The van der Waals surface area contributed by atoms with Crippen LogP contribution in [0.15, 0.2) is 57.3 Å². The molecular formula is C21H20O5.